The fraction of sp³-hybridized carbons (Fsp3) is 0.143. The van der Waals surface area contributed by atoms with E-state index in [4.69, 9.17) is 0 Å². The SMILES string of the molecule is CCc1[c]c(-c2ccc([N+](=O)[O-])cc2)ccc1. The highest BCUT2D eigenvalue weighted by atomic mass is 16.6. The van der Waals surface area contributed by atoms with E-state index in [2.05, 4.69) is 13.0 Å². The van der Waals surface area contributed by atoms with Crippen LogP contribution in [0.3, 0.4) is 0 Å². The number of aryl methyl sites for hydroxylation is 1. The molecule has 0 N–H and O–H groups in total. The quantitative estimate of drug-likeness (QED) is 0.592. The Labute approximate surface area is 99.9 Å². The van der Waals surface area contributed by atoms with Crippen molar-refractivity contribution in [2.45, 2.75) is 13.3 Å². The summed E-state index contributed by atoms with van der Waals surface area (Å²) in [5, 5.41) is 10.5. The zero-order valence-corrected chi connectivity index (χ0v) is 9.51. The summed E-state index contributed by atoms with van der Waals surface area (Å²) >= 11 is 0. The summed E-state index contributed by atoms with van der Waals surface area (Å²) < 4.78 is 0. The molecule has 0 saturated heterocycles. The molecule has 85 valence electrons. The van der Waals surface area contributed by atoms with E-state index >= 15 is 0 Å². The average Bonchev–Trinajstić information content (AvgIpc) is 2.39. The highest BCUT2D eigenvalue weighted by Gasteiger charge is 2.05. The van der Waals surface area contributed by atoms with Crippen LogP contribution in [0.2, 0.25) is 0 Å². The van der Waals surface area contributed by atoms with Gasteiger partial charge in [0, 0.05) is 12.1 Å². The maximum Gasteiger partial charge on any atom is 0.269 e. The second-order valence-corrected chi connectivity index (χ2v) is 3.75. The van der Waals surface area contributed by atoms with Crippen molar-refractivity contribution >= 4 is 5.69 Å². The number of nitrogens with zero attached hydrogens (tertiary/aromatic N) is 1. The van der Waals surface area contributed by atoms with Crippen LogP contribution in [0.5, 0.6) is 0 Å². The summed E-state index contributed by atoms with van der Waals surface area (Å²) in [6, 6.07) is 15.8. The van der Waals surface area contributed by atoms with Crippen LogP contribution < -0.4 is 0 Å². The summed E-state index contributed by atoms with van der Waals surface area (Å²) in [7, 11) is 0. The van der Waals surface area contributed by atoms with Crippen molar-refractivity contribution in [3.63, 3.8) is 0 Å². The van der Waals surface area contributed by atoms with Crippen molar-refractivity contribution in [3.8, 4) is 11.1 Å². The van der Waals surface area contributed by atoms with Gasteiger partial charge in [0.05, 0.1) is 4.92 Å². The van der Waals surface area contributed by atoms with Crippen molar-refractivity contribution in [1.29, 1.82) is 0 Å². The first-order valence-electron chi connectivity index (χ1n) is 5.46. The van der Waals surface area contributed by atoms with Gasteiger partial charge in [-0.25, -0.2) is 0 Å². The third-order valence-electron chi connectivity index (χ3n) is 2.63. The predicted octanol–water partition coefficient (Wildman–Crippen LogP) is 3.62. The van der Waals surface area contributed by atoms with Crippen LogP contribution in [0.25, 0.3) is 11.1 Å². The van der Waals surface area contributed by atoms with Crippen LogP contribution >= 0.6 is 0 Å². The Morgan fingerprint density at radius 2 is 1.88 bits per heavy atom. The maximum atomic E-state index is 10.5. The first-order chi connectivity index (χ1) is 8.20. The number of nitro groups is 1. The Hall–Kier alpha value is -2.16. The minimum Gasteiger partial charge on any atom is -0.258 e. The monoisotopic (exact) mass is 226 g/mol. The van der Waals surface area contributed by atoms with E-state index in [1.165, 1.54) is 12.1 Å². The van der Waals surface area contributed by atoms with Crippen LogP contribution in [0, 0.1) is 16.2 Å². The van der Waals surface area contributed by atoms with Crippen LogP contribution in [-0.4, -0.2) is 4.92 Å². The molecule has 3 nitrogen and oxygen atoms in total. The maximum absolute atomic E-state index is 10.5. The molecular weight excluding hydrogens is 214 g/mol. The van der Waals surface area contributed by atoms with Crippen molar-refractivity contribution in [2.24, 2.45) is 0 Å². The molecule has 0 heterocycles. The van der Waals surface area contributed by atoms with E-state index in [0.717, 1.165) is 23.1 Å². The van der Waals surface area contributed by atoms with Gasteiger partial charge >= 0.3 is 0 Å². The van der Waals surface area contributed by atoms with Crippen LogP contribution in [0.15, 0.2) is 42.5 Å². The first-order valence-corrected chi connectivity index (χ1v) is 5.46. The Morgan fingerprint density at radius 3 is 2.47 bits per heavy atom. The lowest BCUT2D eigenvalue weighted by molar-refractivity contribution is -0.384. The number of non-ortho nitro benzene ring substituents is 1. The number of benzene rings is 2. The van der Waals surface area contributed by atoms with E-state index in [1.807, 2.05) is 18.2 Å². The Balaban J connectivity index is 2.36. The average molecular weight is 226 g/mol. The van der Waals surface area contributed by atoms with Gasteiger partial charge in [-0.05, 0) is 41.3 Å². The summed E-state index contributed by atoms with van der Waals surface area (Å²) in [5.41, 5.74) is 3.17. The van der Waals surface area contributed by atoms with Gasteiger partial charge < -0.3 is 0 Å². The fourth-order valence-corrected chi connectivity index (χ4v) is 1.65. The van der Waals surface area contributed by atoms with Crippen molar-refractivity contribution in [3.05, 3.63) is 64.2 Å². The van der Waals surface area contributed by atoms with Crippen molar-refractivity contribution in [2.75, 3.05) is 0 Å². The second kappa shape index (κ2) is 4.78. The zero-order valence-electron chi connectivity index (χ0n) is 9.51. The third kappa shape index (κ3) is 2.50. The molecule has 0 unspecified atom stereocenters. The lowest BCUT2D eigenvalue weighted by Crippen LogP contribution is -1.88. The summed E-state index contributed by atoms with van der Waals surface area (Å²) in [6.07, 6.45) is 0.931. The fourth-order valence-electron chi connectivity index (χ4n) is 1.65. The van der Waals surface area contributed by atoms with Gasteiger partial charge in [0.25, 0.3) is 5.69 Å². The normalized spacial score (nSPS) is 10.2. The molecule has 0 spiro atoms. The highest BCUT2D eigenvalue weighted by molar-refractivity contribution is 5.64. The molecule has 17 heavy (non-hydrogen) atoms. The van der Waals surface area contributed by atoms with Crippen molar-refractivity contribution < 1.29 is 4.92 Å². The van der Waals surface area contributed by atoms with Crippen molar-refractivity contribution in [1.82, 2.24) is 0 Å². The molecule has 0 aliphatic rings. The van der Waals surface area contributed by atoms with E-state index in [9.17, 15) is 10.1 Å². The third-order valence-corrected chi connectivity index (χ3v) is 2.63. The van der Waals surface area contributed by atoms with Gasteiger partial charge in [0.2, 0.25) is 0 Å². The topological polar surface area (TPSA) is 43.1 Å². The predicted molar refractivity (Wildman–Crippen MR) is 66.7 cm³/mol. The van der Waals surface area contributed by atoms with E-state index in [-0.39, 0.29) is 5.69 Å². The zero-order chi connectivity index (χ0) is 12.3. The van der Waals surface area contributed by atoms with Gasteiger partial charge in [0.15, 0.2) is 0 Å². The molecular formula is C14H12NO2. The lowest BCUT2D eigenvalue weighted by atomic mass is 10.0. The van der Waals surface area contributed by atoms with Crippen LogP contribution in [0.1, 0.15) is 12.5 Å². The number of rotatable bonds is 3. The largest absolute Gasteiger partial charge is 0.269 e. The van der Waals surface area contributed by atoms with Gasteiger partial charge in [-0.1, -0.05) is 25.1 Å². The van der Waals surface area contributed by atoms with Crippen LogP contribution in [0.4, 0.5) is 5.69 Å². The molecule has 0 aliphatic carbocycles. The van der Waals surface area contributed by atoms with E-state index in [1.54, 1.807) is 12.1 Å². The minimum absolute atomic E-state index is 0.111. The summed E-state index contributed by atoms with van der Waals surface area (Å²) in [4.78, 5) is 10.2. The molecule has 2 rings (SSSR count). The molecule has 2 aromatic rings. The number of hydrogen-bond acceptors (Lipinski definition) is 2. The molecule has 3 heteroatoms. The lowest BCUT2D eigenvalue weighted by Gasteiger charge is -2.03. The Morgan fingerprint density at radius 1 is 1.18 bits per heavy atom. The summed E-state index contributed by atoms with van der Waals surface area (Å²) in [5.74, 6) is 0. The molecule has 0 saturated carbocycles. The van der Waals surface area contributed by atoms with E-state index in [0.29, 0.717) is 0 Å². The number of hydrogen-bond donors (Lipinski definition) is 0. The molecule has 0 fully saturated rings. The van der Waals surface area contributed by atoms with Gasteiger partial charge in [0.1, 0.15) is 0 Å². The van der Waals surface area contributed by atoms with Gasteiger partial charge in [-0.2, -0.15) is 0 Å². The molecule has 0 bridgehead atoms. The molecule has 0 amide bonds. The summed E-state index contributed by atoms with van der Waals surface area (Å²) in [6.45, 7) is 2.07. The molecule has 0 atom stereocenters. The smallest absolute Gasteiger partial charge is 0.258 e. The van der Waals surface area contributed by atoms with E-state index < -0.39 is 4.92 Å². The Bertz CT molecular complexity index is 532. The highest BCUT2D eigenvalue weighted by Crippen LogP contribution is 2.22. The number of nitro benzene ring substituents is 1. The van der Waals surface area contributed by atoms with Gasteiger partial charge in [-0.3, -0.25) is 10.1 Å². The molecule has 0 aliphatic heterocycles. The standard InChI is InChI=1S/C14H12NO2/c1-2-11-4-3-5-13(10-11)12-6-8-14(9-7-12)15(16)17/h3-9H,2H2,1H3. The molecule has 0 aromatic heterocycles. The molecule has 1 radical (unpaired) electrons. The van der Waals surface area contributed by atoms with Crippen LogP contribution in [-0.2, 0) is 6.42 Å². The van der Waals surface area contributed by atoms with Gasteiger partial charge in [-0.15, -0.1) is 0 Å². The Kier molecular flexibility index (Phi) is 3.19. The molecule has 2 aromatic carbocycles. The minimum atomic E-state index is -0.393. The second-order valence-electron chi connectivity index (χ2n) is 3.75. The first kappa shape index (κ1) is 11.3.